The predicted molar refractivity (Wildman–Crippen MR) is 139 cm³/mol. The molecule has 0 aliphatic heterocycles. The summed E-state index contributed by atoms with van der Waals surface area (Å²) in [6, 6.07) is 5.13. The van der Waals surface area contributed by atoms with Crippen molar-refractivity contribution in [2.45, 2.75) is 78.0 Å². The lowest BCUT2D eigenvalue weighted by molar-refractivity contribution is -0.144. The second-order valence-electron chi connectivity index (χ2n) is 9.53. The highest BCUT2D eigenvalue weighted by Gasteiger charge is 2.34. The van der Waals surface area contributed by atoms with Gasteiger partial charge in [0.25, 0.3) is 0 Å². The quantitative estimate of drug-likeness (QED) is 0.311. The SMILES string of the molecule is C=Cc1cccc(C(C(=O)NCC(=O)OC)N(CCCCCC)C(=O)C(C)NC(=O)OC(C)(C)C)c1. The number of carbonyl (C=O) groups excluding carboxylic acids is 4. The van der Waals surface area contributed by atoms with Gasteiger partial charge in [-0.2, -0.15) is 0 Å². The molecule has 0 saturated heterocycles. The van der Waals surface area contributed by atoms with Gasteiger partial charge in [-0.15, -0.1) is 0 Å². The van der Waals surface area contributed by atoms with Gasteiger partial charge in [-0.25, -0.2) is 4.79 Å². The number of hydrogen-bond donors (Lipinski definition) is 2. The first kappa shape index (κ1) is 30.7. The van der Waals surface area contributed by atoms with Gasteiger partial charge in [-0.1, -0.05) is 57.0 Å². The van der Waals surface area contributed by atoms with Crippen LogP contribution in [-0.2, 0) is 23.9 Å². The second-order valence-corrected chi connectivity index (χ2v) is 9.53. The molecule has 3 amide bonds. The van der Waals surface area contributed by atoms with Gasteiger partial charge in [0.05, 0.1) is 7.11 Å². The van der Waals surface area contributed by atoms with Gasteiger partial charge < -0.3 is 25.0 Å². The molecule has 0 spiro atoms. The van der Waals surface area contributed by atoms with Crippen molar-refractivity contribution in [1.82, 2.24) is 15.5 Å². The van der Waals surface area contributed by atoms with Crippen molar-refractivity contribution in [1.29, 1.82) is 0 Å². The molecule has 36 heavy (non-hydrogen) atoms. The average Bonchev–Trinajstić information content (AvgIpc) is 2.82. The Labute approximate surface area is 214 Å². The molecule has 1 aromatic carbocycles. The van der Waals surface area contributed by atoms with Crippen LogP contribution in [0, 0.1) is 0 Å². The molecule has 1 rings (SSSR count). The Hall–Kier alpha value is -3.36. The second kappa shape index (κ2) is 14.9. The number of unbranched alkanes of at least 4 members (excludes halogenated alkanes) is 3. The van der Waals surface area contributed by atoms with Crippen molar-refractivity contribution in [2.75, 3.05) is 20.2 Å². The molecule has 0 radical (unpaired) electrons. The van der Waals surface area contributed by atoms with E-state index in [2.05, 4.69) is 28.9 Å². The van der Waals surface area contributed by atoms with E-state index in [1.807, 2.05) is 6.07 Å². The Kier molecular flexibility index (Phi) is 12.7. The molecular weight excluding hydrogens is 462 g/mol. The maximum atomic E-state index is 13.6. The normalized spacial score (nSPS) is 12.6. The summed E-state index contributed by atoms with van der Waals surface area (Å²) in [5, 5.41) is 5.14. The number of ether oxygens (including phenoxy) is 2. The van der Waals surface area contributed by atoms with Crippen molar-refractivity contribution < 1.29 is 28.7 Å². The standard InChI is InChI=1S/C27H41N3O6/c1-8-10-11-12-16-30(25(33)19(3)29-26(34)36-27(4,5)6)23(24(32)28-18-22(31)35-7)21-15-13-14-20(9-2)17-21/h9,13-15,17,19,23H,2,8,10-12,16,18H2,1,3-7H3,(H,28,32)(H,29,34). The maximum Gasteiger partial charge on any atom is 0.408 e. The molecule has 1 aromatic rings. The fraction of sp³-hybridized carbons (Fsp3) is 0.556. The van der Waals surface area contributed by atoms with Crippen molar-refractivity contribution in [3.63, 3.8) is 0 Å². The summed E-state index contributed by atoms with van der Waals surface area (Å²) in [6.45, 7) is 12.6. The van der Waals surface area contributed by atoms with Gasteiger partial charge in [0.15, 0.2) is 0 Å². The zero-order valence-electron chi connectivity index (χ0n) is 22.4. The Morgan fingerprint density at radius 2 is 1.83 bits per heavy atom. The number of rotatable bonds is 13. The largest absolute Gasteiger partial charge is 0.468 e. The zero-order valence-corrected chi connectivity index (χ0v) is 22.4. The monoisotopic (exact) mass is 503 g/mol. The molecule has 0 aliphatic carbocycles. The first-order valence-electron chi connectivity index (χ1n) is 12.3. The molecule has 0 heterocycles. The van der Waals surface area contributed by atoms with Gasteiger partial charge >= 0.3 is 12.1 Å². The summed E-state index contributed by atoms with van der Waals surface area (Å²) < 4.78 is 9.92. The fourth-order valence-corrected chi connectivity index (χ4v) is 3.53. The first-order valence-corrected chi connectivity index (χ1v) is 12.3. The number of amides is 3. The number of carbonyl (C=O) groups is 4. The van der Waals surface area contributed by atoms with E-state index in [1.165, 1.54) is 12.0 Å². The lowest BCUT2D eigenvalue weighted by Gasteiger charge is -2.34. The average molecular weight is 504 g/mol. The lowest BCUT2D eigenvalue weighted by atomic mass is 10.00. The van der Waals surface area contributed by atoms with Crippen LogP contribution in [0.15, 0.2) is 30.8 Å². The van der Waals surface area contributed by atoms with Crippen LogP contribution in [0.1, 0.15) is 77.5 Å². The Morgan fingerprint density at radius 3 is 2.42 bits per heavy atom. The van der Waals surface area contributed by atoms with Gasteiger partial charge in [0.1, 0.15) is 24.2 Å². The van der Waals surface area contributed by atoms with Crippen LogP contribution in [0.5, 0.6) is 0 Å². The zero-order chi connectivity index (χ0) is 27.3. The topological polar surface area (TPSA) is 114 Å². The summed E-state index contributed by atoms with van der Waals surface area (Å²) in [4.78, 5) is 52.5. The lowest BCUT2D eigenvalue weighted by Crippen LogP contribution is -2.52. The highest BCUT2D eigenvalue weighted by molar-refractivity contribution is 5.93. The molecular formula is C27H41N3O6. The molecule has 9 nitrogen and oxygen atoms in total. The van der Waals surface area contributed by atoms with Crippen LogP contribution in [0.3, 0.4) is 0 Å². The minimum Gasteiger partial charge on any atom is -0.468 e. The molecule has 0 fully saturated rings. The van der Waals surface area contributed by atoms with Gasteiger partial charge in [0.2, 0.25) is 11.8 Å². The van der Waals surface area contributed by atoms with Crippen LogP contribution in [0.25, 0.3) is 6.08 Å². The van der Waals surface area contributed by atoms with E-state index in [9.17, 15) is 19.2 Å². The van der Waals surface area contributed by atoms with E-state index < -0.39 is 41.6 Å². The smallest absolute Gasteiger partial charge is 0.408 e. The van der Waals surface area contributed by atoms with Gasteiger partial charge in [-0.3, -0.25) is 14.4 Å². The Balaban J connectivity index is 3.35. The van der Waals surface area contributed by atoms with E-state index in [0.717, 1.165) is 24.8 Å². The summed E-state index contributed by atoms with van der Waals surface area (Å²) in [5.41, 5.74) is 0.605. The molecule has 9 heteroatoms. The summed E-state index contributed by atoms with van der Waals surface area (Å²) in [6.07, 6.45) is 4.45. The molecule has 200 valence electrons. The summed E-state index contributed by atoms with van der Waals surface area (Å²) in [5.74, 6) is -1.59. The number of methoxy groups -OCH3 is 1. The van der Waals surface area contributed by atoms with Crippen molar-refractivity contribution in [3.8, 4) is 0 Å². The molecule has 0 aromatic heterocycles. The minimum atomic E-state index is -1.04. The van der Waals surface area contributed by atoms with Crippen molar-refractivity contribution in [2.24, 2.45) is 0 Å². The molecule has 0 saturated carbocycles. The predicted octanol–water partition coefficient (Wildman–Crippen LogP) is 3.98. The van der Waals surface area contributed by atoms with E-state index in [1.54, 1.807) is 52.0 Å². The number of alkyl carbamates (subject to hydrolysis) is 1. The van der Waals surface area contributed by atoms with E-state index in [4.69, 9.17) is 4.74 Å². The summed E-state index contributed by atoms with van der Waals surface area (Å²) >= 11 is 0. The van der Waals surface area contributed by atoms with Crippen LogP contribution >= 0.6 is 0 Å². The number of esters is 1. The van der Waals surface area contributed by atoms with Crippen LogP contribution in [0.2, 0.25) is 0 Å². The van der Waals surface area contributed by atoms with Gasteiger partial charge in [0, 0.05) is 6.54 Å². The fourth-order valence-electron chi connectivity index (χ4n) is 3.53. The molecule has 2 unspecified atom stereocenters. The number of hydrogen-bond acceptors (Lipinski definition) is 6. The van der Waals surface area contributed by atoms with Crippen LogP contribution < -0.4 is 10.6 Å². The molecule has 0 bridgehead atoms. The molecule has 0 aliphatic rings. The third-order valence-electron chi connectivity index (χ3n) is 5.30. The first-order chi connectivity index (χ1) is 16.9. The van der Waals surface area contributed by atoms with Gasteiger partial charge in [-0.05, 0) is 51.3 Å². The minimum absolute atomic E-state index is 0.286. The highest BCUT2D eigenvalue weighted by atomic mass is 16.6. The molecule has 2 atom stereocenters. The van der Waals surface area contributed by atoms with Crippen LogP contribution in [0.4, 0.5) is 4.79 Å². The van der Waals surface area contributed by atoms with Crippen molar-refractivity contribution >= 4 is 30.0 Å². The highest BCUT2D eigenvalue weighted by Crippen LogP contribution is 2.25. The Bertz CT molecular complexity index is 909. The number of benzene rings is 1. The van der Waals surface area contributed by atoms with E-state index >= 15 is 0 Å². The van der Waals surface area contributed by atoms with Crippen molar-refractivity contribution in [3.05, 3.63) is 42.0 Å². The molecule has 2 N–H and O–H groups in total. The van der Waals surface area contributed by atoms with Crippen LogP contribution in [-0.4, -0.2) is 60.6 Å². The number of nitrogens with zero attached hydrogens (tertiary/aromatic N) is 1. The van der Waals surface area contributed by atoms with E-state index in [-0.39, 0.29) is 13.1 Å². The third kappa shape index (κ3) is 10.5. The van der Waals surface area contributed by atoms with E-state index in [0.29, 0.717) is 12.0 Å². The maximum absolute atomic E-state index is 13.6. The number of nitrogens with one attached hydrogen (secondary N) is 2. The Morgan fingerprint density at radius 1 is 1.14 bits per heavy atom. The summed E-state index contributed by atoms with van der Waals surface area (Å²) in [7, 11) is 1.23. The third-order valence-corrected chi connectivity index (χ3v) is 5.30.